The minimum Gasteiger partial charge on any atom is -0.224 e. The van der Waals surface area contributed by atoms with Crippen molar-refractivity contribution in [1.29, 1.82) is 0 Å². The monoisotopic (exact) mass is 258 g/mol. The fourth-order valence-corrected chi connectivity index (χ4v) is 2.01. The van der Waals surface area contributed by atoms with Gasteiger partial charge in [0.1, 0.15) is 11.5 Å². The Labute approximate surface area is 109 Å². The zero-order chi connectivity index (χ0) is 12.5. The molecular formula is C13H11ClN4. The minimum atomic E-state index is 0.143. The number of nitrogens with zero attached hydrogens (tertiary/aromatic N) is 4. The van der Waals surface area contributed by atoms with E-state index in [1.165, 1.54) is 5.56 Å². The van der Waals surface area contributed by atoms with Gasteiger partial charge in [-0.15, -0.1) is 5.10 Å². The van der Waals surface area contributed by atoms with Crippen LogP contribution in [0.5, 0.6) is 0 Å². The normalized spacial score (nSPS) is 12.8. The van der Waals surface area contributed by atoms with E-state index in [-0.39, 0.29) is 5.92 Å². The number of fused-ring (bicyclic) bond motifs is 1. The Bertz CT molecular complexity index is 678. The first kappa shape index (κ1) is 11.2. The van der Waals surface area contributed by atoms with E-state index >= 15 is 0 Å². The maximum atomic E-state index is 5.83. The third-order valence-electron chi connectivity index (χ3n) is 2.90. The molecule has 0 spiro atoms. The average molecular weight is 259 g/mol. The highest BCUT2D eigenvalue weighted by Gasteiger charge is 2.14. The van der Waals surface area contributed by atoms with Crippen LogP contribution in [0, 0.1) is 0 Å². The molecule has 0 aliphatic carbocycles. The second-order valence-electron chi connectivity index (χ2n) is 4.12. The first-order valence-corrected chi connectivity index (χ1v) is 6.04. The Morgan fingerprint density at radius 1 is 1.22 bits per heavy atom. The molecule has 0 bridgehead atoms. The summed E-state index contributed by atoms with van der Waals surface area (Å²) in [5.74, 6) is 0.912. The smallest absolute Gasteiger partial charge is 0.160 e. The summed E-state index contributed by atoms with van der Waals surface area (Å²) in [6.45, 7) is 2.08. The van der Waals surface area contributed by atoms with Crippen molar-refractivity contribution in [1.82, 2.24) is 19.6 Å². The SMILES string of the molecule is CC(c1ccccc1)c1nc2cc(Cl)ncn2n1. The van der Waals surface area contributed by atoms with Gasteiger partial charge in [0.05, 0.1) is 0 Å². The van der Waals surface area contributed by atoms with Gasteiger partial charge in [0, 0.05) is 12.0 Å². The lowest BCUT2D eigenvalue weighted by atomic mass is 10.0. The fraction of sp³-hybridized carbons (Fsp3) is 0.154. The average Bonchev–Trinajstić information content (AvgIpc) is 2.81. The van der Waals surface area contributed by atoms with Gasteiger partial charge in [-0.2, -0.15) is 0 Å². The molecule has 0 fully saturated rings. The summed E-state index contributed by atoms with van der Waals surface area (Å²) in [5, 5.41) is 4.84. The van der Waals surface area contributed by atoms with Crippen LogP contribution < -0.4 is 0 Å². The van der Waals surface area contributed by atoms with Gasteiger partial charge in [0.2, 0.25) is 0 Å². The Hall–Kier alpha value is -1.94. The summed E-state index contributed by atoms with van der Waals surface area (Å²) in [5.41, 5.74) is 1.90. The van der Waals surface area contributed by atoms with Gasteiger partial charge in [-0.25, -0.2) is 14.5 Å². The van der Waals surface area contributed by atoms with Crippen molar-refractivity contribution in [3.05, 3.63) is 59.3 Å². The number of rotatable bonds is 2. The summed E-state index contributed by atoms with van der Waals surface area (Å²) in [7, 11) is 0. The molecule has 0 saturated heterocycles. The van der Waals surface area contributed by atoms with Crippen LogP contribution in [-0.2, 0) is 0 Å². The van der Waals surface area contributed by atoms with Crippen LogP contribution >= 0.6 is 11.6 Å². The molecule has 90 valence electrons. The van der Waals surface area contributed by atoms with E-state index < -0.39 is 0 Å². The standard InChI is InChI=1S/C13H11ClN4/c1-9(10-5-3-2-4-6-10)13-16-12-7-11(14)15-8-18(12)17-13/h2-9H,1H3. The van der Waals surface area contributed by atoms with Crippen molar-refractivity contribution in [3.63, 3.8) is 0 Å². The van der Waals surface area contributed by atoms with Gasteiger partial charge in [-0.1, -0.05) is 48.9 Å². The number of halogens is 1. The lowest BCUT2D eigenvalue weighted by Crippen LogP contribution is -1.98. The maximum absolute atomic E-state index is 5.83. The van der Waals surface area contributed by atoms with Crippen molar-refractivity contribution >= 4 is 17.2 Å². The van der Waals surface area contributed by atoms with Crippen molar-refractivity contribution in [2.24, 2.45) is 0 Å². The lowest BCUT2D eigenvalue weighted by Gasteiger charge is -2.06. The highest BCUT2D eigenvalue weighted by atomic mass is 35.5. The predicted octanol–water partition coefficient (Wildman–Crippen LogP) is 2.93. The molecule has 4 nitrogen and oxygen atoms in total. The number of hydrogen-bond acceptors (Lipinski definition) is 3. The molecule has 5 heteroatoms. The van der Waals surface area contributed by atoms with Gasteiger partial charge in [0.15, 0.2) is 11.5 Å². The quantitative estimate of drug-likeness (QED) is 0.664. The molecule has 18 heavy (non-hydrogen) atoms. The van der Waals surface area contributed by atoms with Crippen LogP contribution in [-0.4, -0.2) is 19.6 Å². The van der Waals surface area contributed by atoms with E-state index in [2.05, 4.69) is 34.1 Å². The van der Waals surface area contributed by atoms with Crippen molar-refractivity contribution in [2.45, 2.75) is 12.8 Å². The summed E-state index contributed by atoms with van der Waals surface area (Å²) in [6.07, 6.45) is 1.58. The molecular weight excluding hydrogens is 248 g/mol. The molecule has 0 amide bonds. The molecule has 2 aromatic heterocycles. The molecule has 1 aromatic carbocycles. The Balaban J connectivity index is 2.04. The van der Waals surface area contributed by atoms with E-state index in [4.69, 9.17) is 11.6 Å². The topological polar surface area (TPSA) is 43.1 Å². The van der Waals surface area contributed by atoms with Gasteiger partial charge < -0.3 is 0 Å². The molecule has 0 aliphatic rings. The van der Waals surface area contributed by atoms with Crippen molar-refractivity contribution in [2.75, 3.05) is 0 Å². The molecule has 2 heterocycles. The van der Waals surface area contributed by atoms with E-state index in [1.54, 1.807) is 16.9 Å². The Kier molecular flexibility index (Phi) is 2.72. The summed E-state index contributed by atoms with van der Waals surface area (Å²) < 4.78 is 1.64. The molecule has 0 aliphatic heterocycles. The Morgan fingerprint density at radius 3 is 2.78 bits per heavy atom. The molecule has 3 aromatic rings. The molecule has 1 unspecified atom stereocenters. The number of benzene rings is 1. The Morgan fingerprint density at radius 2 is 2.00 bits per heavy atom. The molecule has 3 rings (SSSR count). The molecule has 0 saturated carbocycles. The maximum Gasteiger partial charge on any atom is 0.160 e. The minimum absolute atomic E-state index is 0.143. The van der Waals surface area contributed by atoms with Crippen molar-refractivity contribution < 1.29 is 0 Å². The van der Waals surface area contributed by atoms with Gasteiger partial charge in [-0.05, 0) is 5.56 Å². The van der Waals surface area contributed by atoms with Crippen molar-refractivity contribution in [3.8, 4) is 0 Å². The first-order valence-electron chi connectivity index (χ1n) is 5.67. The van der Waals surface area contributed by atoms with Gasteiger partial charge in [0.25, 0.3) is 0 Å². The van der Waals surface area contributed by atoms with Gasteiger partial charge >= 0.3 is 0 Å². The largest absolute Gasteiger partial charge is 0.224 e. The lowest BCUT2D eigenvalue weighted by molar-refractivity contribution is 0.795. The van der Waals surface area contributed by atoms with Crippen LogP contribution in [0.2, 0.25) is 5.15 Å². The fourth-order valence-electron chi connectivity index (χ4n) is 1.86. The van der Waals surface area contributed by atoms with Gasteiger partial charge in [-0.3, -0.25) is 0 Å². The number of aromatic nitrogens is 4. The van der Waals surface area contributed by atoms with Crippen LogP contribution in [0.15, 0.2) is 42.7 Å². The third-order valence-corrected chi connectivity index (χ3v) is 3.11. The molecule has 1 atom stereocenters. The van der Waals surface area contributed by atoms with Crippen LogP contribution in [0.4, 0.5) is 0 Å². The summed E-state index contributed by atoms with van der Waals surface area (Å²) >= 11 is 5.83. The van der Waals surface area contributed by atoms with E-state index in [9.17, 15) is 0 Å². The number of hydrogen-bond donors (Lipinski definition) is 0. The zero-order valence-electron chi connectivity index (χ0n) is 9.79. The van der Waals surface area contributed by atoms with Crippen LogP contribution in [0.25, 0.3) is 5.65 Å². The zero-order valence-corrected chi connectivity index (χ0v) is 10.5. The summed E-state index contributed by atoms with van der Waals surface area (Å²) in [6, 6.07) is 11.9. The van der Waals surface area contributed by atoms with E-state index in [1.807, 2.05) is 18.2 Å². The van der Waals surface area contributed by atoms with Crippen LogP contribution in [0.3, 0.4) is 0 Å². The molecule has 0 N–H and O–H groups in total. The van der Waals surface area contributed by atoms with E-state index in [0.717, 1.165) is 5.82 Å². The van der Waals surface area contributed by atoms with E-state index in [0.29, 0.717) is 10.8 Å². The highest BCUT2D eigenvalue weighted by Crippen LogP contribution is 2.21. The second-order valence-corrected chi connectivity index (χ2v) is 4.50. The molecule has 0 radical (unpaired) electrons. The summed E-state index contributed by atoms with van der Waals surface area (Å²) in [4.78, 5) is 8.46. The van der Waals surface area contributed by atoms with Crippen LogP contribution in [0.1, 0.15) is 24.2 Å². The predicted molar refractivity (Wildman–Crippen MR) is 69.8 cm³/mol. The third kappa shape index (κ3) is 1.95. The second kappa shape index (κ2) is 4.38. The first-order chi connectivity index (χ1) is 8.74. The highest BCUT2D eigenvalue weighted by molar-refractivity contribution is 6.29.